The Morgan fingerprint density at radius 2 is 2.12 bits per heavy atom. The van der Waals surface area contributed by atoms with Crippen molar-refractivity contribution in [2.75, 3.05) is 7.11 Å². The zero-order valence-electron chi connectivity index (χ0n) is 9.85. The van der Waals surface area contributed by atoms with Gasteiger partial charge in [-0.15, -0.1) is 0 Å². The average Bonchev–Trinajstić information content (AvgIpc) is 2.23. The first kappa shape index (κ1) is 12.4. The SMILES string of the molecule is COC(=O)C1(c2cc(F)c(C)cc2Cl)CCC1. The van der Waals surface area contributed by atoms with Crippen LogP contribution in [0.25, 0.3) is 0 Å². The number of carbonyl (C=O) groups is 1. The van der Waals surface area contributed by atoms with Crippen molar-refractivity contribution in [3.05, 3.63) is 34.1 Å². The quantitative estimate of drug-likeness (QED) is 0.759. The summed E-state index contributed by atoms with van der Waals surface area (Å²) in [6.45, 7) is 1.65. The van der Waals surface area contributed by atoms with Crippen LogP contribution in [-0.4, -0.2) is 13.1 Å². The molecule has 0 saturated heterocycles. The fraction of sp³-hybridized carbons (Fsp3) is 0.462. The molecule has 0 aliphatic heterocycles. The molecule has 0 N–H and O–H groups in total. The van der Waals surface area contributed by atoms with Gasteiger partial charge in [-0.1, -0.05) is 18.0 Å². The Balaban J connectivity index is 2.52. The van der Waals surface area contributed by atoms with Gasteiger partial charge in [0.2, 0.25) is 0 Å². The predicted molar refractivity (Wildman–Crippen MR) is 63.7 cm³/mol. The summed E-state index contributed by atoms with van der Waals surface area (Å²) < 4.78 is 18.4. The molecule has 1 saturated carbocycles. The molecule has 2 rings (SSSR count). The van der Waals surface area contributed by atoms with E-state index in [-0.39, 0.29) is 11.8 Å². The molecule has 2 nitrogen and oxygen atoms in total. The van der Waals surface area contributed by atoms with E-state index < -0.39 is 5.41 Å². The number of ether oxygens (including phenoxy) is 1. The molecular formula is C13H14ClFO2. The molecule has 0 atom stereocenters. The zero-order chi connectivity index (χ0) is 12.6. The van der Waals surface area contributed by atoms with E-state index in [0.29, 0.717) is 29.0 Å². The molecule has 0 heterocycles. The molecule has 4 heteroatoms. The van der Waals surface area contributed by atoms with E-state index in [9.17, 15) is 9.18 Å². The van der Waals surface area contributed by atoms with Crippen LogP contribution >= 0.6 is 11.6 Å². The number of aryl methyl sites for hydroxylation is 1. The summed E-state index contributed by atoms with van der Waals surface area (Å²) >= 11 is 6.13. The van der Waals surface area contributed by atoms with E-state index in [2.05, 4.69) is 0 Å². The monoisotopic (exact) mass is 256 g/mol. The van der Waals surface area contributed by atoms with Crippen molar-refractivity contribution in [2.45, 2.75) is 31.6 Å². The molecule has 1 aromatic carbocycles. The smallest absolute Gasteiger partial charge is 0.316 e. The van der Waals surface area contributed by atoms with Gasteiger partial charge in [0.05, 0.1) is 12.5 Å². The molecule has 0 bridgehead atoms. The second-order valence-corrected chi connectivity index (χ2v) is 4.92. The Kier molecular flexibility index (Phi) is 3.13. The summed E-state index contributed by atoms with van der Waals surface area (Å²) in [6, 6.07) is 2.93. The van der Waals surface area contributed by atoms with Crippen molar-refractivity contribution < 1.29 is 13.9 Å². The minimum Gasteiger partial charge on any atom is -0.468 e. The third-order valence-corrected chi connectivity index (χ3v) is 3.86. The Labute approximate surface area is 105 Å². The first-order valence-electron chi connectivity index (χ1n) is 5.56. The number of methoxy groups -OCH3 is 1. The minimum atomic E-state index is -0.736. The Morgan fingerprint density at radius 3 is 2.59 bits per heavy atom. The van der Waals surface area contributed by atoms with Gasteiger partial charge in [0.1, 0.15) is 5.82 Å². The lowest BCUT2D eigenvalue weighted by Crippen LogP contribution is -2.43. The number of esters is 1. The van der Waals surface area contributed by atoms with Crippen molar-refractivity contribution >= 4 is 17.6 Å². The summed E-state index contributed by atoms with van der Waals surface area (Å²) in [7, 11) is 1.35. The second kappa shape index (κ2) is 4.30. The second-order valence-electron chi connectivity index (χ2n) is 4.51. The number of rotatable bonds is 2. The van der Waals surface area contributed by atoms with Crippen LogP contribution in [0.1, 0.15) is 30.4 Å². The molecule has 0 radical (unpaired) electrons. The Hall–Kier alpha value is -1.09. The highest BCUT2D eigenvalue weighted by Gasteiger charge is 2.48. The van der Waals surface area contributed by atoms with Gasteiger partial charge in [-0.2, -0.15) is 0 Å². The molecule has 1 aliphatic carbocycles. The van der Waals surface area contributed by atoms with Crippen LogP contribution in [0.5, 0.6) is 0 Å². The number of halogens is 2. The molecule has 0 aromatic heterocycles. The third kappa shape index (κ3) is 1.82. The maximum Gasteiger partial charge on any atom is 0.316 e. The predicted octanol–water partition coefficient (Wildman–Crippen LogP) is 3.38. The fourth-order valence-electron chi connectivity index (χ4n) is 2.32. The topological polar surface area (TPSA) is 26.3 Å². The van der Waals surface area contributed by atoms with Crippen LogP contribution in [-0.2, 0) is 14.9 Å². The molecule has 0 unspecified atom stereocenters. The maximum absolute atomic E-state index is 13.6. The Bertz CT molecular complexity index is 467. The van der Waals surface area contributed by atoms with Crippen molar-refractivity contribution in [2.24, 2.45) is 0 Å². The highest BCUT2D eigenvalue weighted by atomic mass is 35.5. The van der Waals surface area contributed by atoms with Crippen molar-refractivity contribution in [3.63, 3.8) is 0 Å². The van der Waals surface area contributed by atoms with Crippen LogP contribution in [0, 0.1) is 12.7 Å². The number of hydrogen-bond donors (Lipinski definition) is 0. The van der Waals surface area contributed by atoms with Gasteiger partial charge in [0.15, 0.2) is 0 Å². The third-order valence-electron chi connectivity index (χ3n) is 3.55. The summed E-state index contributed by atoms with van der Waals surface area (Å²) in [4.78, 5) is 11.9. The zero-order valence-corrected chi connectivity index (χ0v) is 10.6. The molecule has 1 fully saturated rings. The summed E-state index contributed by atoms with van der Waals surface area (Å²) in [5.74, 6) is -0.659. The van der Waals surface area contributed by atoms with Gasteiger partial charge in [-0.25, -0.2) is 4.39 Å². The van der Waals surface area contributed by atoms with E-state index in [0.717, 1.165) is 6.42 Å². The Morgan fingerprint density at radius 1 is 1.47 bits per heavy atom. The molecule has 1 aromatic rings. The highest BCUT2D eigenvalue weighted by molar-refractivity contribution is 6.31. The number of hydrogen-bond acceptors (Lipinski definition) is 2. The summed E-state index contributed by atoms with van der Waals surface area (Å²) in [5.41, 5.74) is 0.304. The fourth-order valence-corrected chi connectivity index (χ4v) is 2.72. The normalized spacial score (nSPS) is 17.4. The first-order chi connectivity index (χ1) is 8.01. The molecule has 1 aliphatic rings. The van der Waals surface area contributed by atoms with Gasteiger partial charge in [-0.3, -0.25) is 4.79 Å². The van der Waals surface area contributed by atoms with E-state index in [1.165, 1.54) is 13.2 Å². The average molecular weight is 257 g/mol. The molecule has 0 spiro atoms. The lowest BCUT2D eigenvalue weighted by Gasteiger charge is -2.39. The van der Waals surface area contributed by atoms with Crippen LogP contribution in [0.15, 0.2) is 12.1 Å². The van der Waals surface area contributed by atoms with Gasteiger partial charge in [0, 0.05) is 5.02 Å². The molecule has 92 valence electrons. The largest absolute Gasteiger partial charge is 0.468 e. The van der Waals surface area contributed by atoms with Crippen LogP contribution in [0.2, 0.25) is 5.02 Å². The van der Waals surface area contributed by atoms with Crippen molar-refractivity contribution in [3.8, 4) is 0 Å². The van der Waals surface area contributed by atoms with E-state index in [1.807, 2.05) is 0 Å². The highest BCUT2D eigenvalue weighted by Crippen LogP contribution is 2.47. The number of carbonyl (C=O) groups excluding carboxylic acids is 1. The molecular weight excluding hydrogens is 243 g/mol. The molecule has 17 heavy (non-hydrogen) atoms. The van der Waals surface area contributed by atoms with E-state index >= 15 is 0 Å². The van der Waals surface area contributed by atoms with E-state index in [4.69, 9.17) is 16.3 Å². The van der Waals surface area contributed by atoms with E-state index in [1.54, 1.807) is 13.0 Å². The van der Waals surface area contributed by atoms with Crippen LogP contribution in [0.3, 0.4) is 0 Å². The van der Waals surface area contributed by atoms with Gasteiger partial charge in [-0.05, 0) is 43.0 Å². The lowest BCUT2D eigenvalue weighted by molar-refractivity contribution is -0.151. The van der Waals surface area contributed by atoms with Gasteiger partial charge in [0.25, 0.3) is 0 Å². The summed E-state index contributed by atoms with van der Waals surface area (Å²) in [6.07, 6.45) is 2.27. The standard InChI is InChI=1S/C13H14ClFO2/c1-8-6-10(14)9(7-11(8)15)13(4-3-5-13)12(16)17-2/h6-7H,3-5H2,1-2H3. The maximum atomic E-state index is 13.6. The summed E-state index contributed by atoms with van der Waals surface area (Å²) in [5, 5.41) is 0.439. The first-order valence-corrected chi connectivity index (χ1v) is 5.93. The number of benzene rings is 1. The molecule has 0 amide bonds. The lowest BCUT2D eigenvalue weighted by atomic mass is 9.64. The van der Waals surface area contributed by atoms with Gasteiger partial charge >= 0.3 is 5.97 Å². The van der Waals surface area contributed by atoms with Crippen LogP contribution in [0.4, 0.5) is 4.39 Å². The minimum absolute atomic E-state index is 0.325. The van der Waals surface area contributed by atoms with Crippen molar-refractivity contribution in [1.29, 1.82) is 0 Å². The van der Waals surface area contributed by atoms with Crippen molar-refractivity contribution in [1.82, 2.24) is 0 Å². The van der Waals surface area contributed by atoms with Gasteiger partial charge < -0.3 is 4.74 Å². The van der Waals surface area contributed by atoms with Crippen LogP contribution < -0.4 is 0 Å².